The smallest absolute Gasteiger partial charge is 0.176 e. The first-order valence-corrected chi connectivity index (χ1v) is 7.70. The van der Waals surface area contributed by atoms with E-state index >= 15 is 0 Å². The molecule has 0 aliphatic carbocycles. The molecule has 7 heteroatoms. The van der Waals surface area contributed by atoms with Crippen molar-refractivity contribution in [3.8, 4) is 11.5 Å². The summed E-state index contributed by atoms with van der Waals surface area (Å²) in [7, 11) is 0. The van der Waals surface area contributed by atoms with Crippen molar-refractivity contribution in [1.29, 1.82) is 0 Å². The first-order chi connectivity index (χ1) is 11.0. The number of hydrogen-bond acceptors (Lipinski definition) is 6. The Morgan fingerprint density at radius 3 is 2.43 bits per heavy atom. The molecule has 0 fully saturated rings. The Bertz CT molecular complexity index is 555. The zero-order chi connectivity index (χ0) is 16.7. The summed E-state index contributed by atoms with van der Waals surface area (Å²) in [5, 5.41) is 16.9. The van der Waals surface area contributed by atoms with Gasteiger partial charge < -0.3 is 14.6 Å². The van der Waals surface area contributed by atoms with Crippen molar-refractivity contribution in [2.45, 2.75) is 45.7 Å². The first-order valence-electron chi connectivity index (χ1n) is 7.70. The number of aliphatic hydroxyl groups excluding tert-OH is 1. The third-order valence-electron chi connectivity index (χ3n) is 3.08. The van der Waals surface area contributed by atoms with Crippen molar-refractivity contribution in [3.05, 3.63) is 36.9 Å². The molecule has 2 rings (SSSR count). The van der Waals surface area contributed by atoms with Crippen molar-refractivity contribution < 1.29 is 14.6 Å². The standard InChI is InChI=1S/C16H24N4O3/c1-12(2)19-16(13(3)21)23-15-6-4-14(5-7-15)22-9-8-20-11-17-10-18-20/h4-7,10-13,16,19,21H,8-9H2,1-3H3. The summed E-state index contributed by atoms with van der Waals surface area (Å²) in [6.45, 7) is 6.85. The van der Waals surface area contributed by atoms with Crippen molar-refractivity contribution in [3.63, 3.8) is 0 Å². The zero-order valence-corrected chi connectivity index (χ0v) is 13.7. The molecule has 0 saturated carbocycles. The Morgan fingerprint density at radius 2 is 1.87 bits per heavy atom. The van der Waals surface area contributed by atoms with Gasteiger partial charge in [0.25, 0.3) is 0 Å². The second-order valence-electron chi connectivity index (χ2n) is 5.58. The highest BCUT2D eigenvalue weighted by molar-refractivity contribution is 5.31. The minimum absolute atomic E-state index is 0.217. The van der Waals surface area contributed by atoms with Gasteiger partial charge in [-0.3, -0.25) is 5.32 Å². The maximum atomic E-state index is 9.76. The van der Waals surface area contributed by atoms with Crippen LogP contribution >= 0.6 is 0 Å². The van der Waals surface area contributed by atoms with Gasteiger partial charge in [0, 0.05) is 6.04 Å². The molecule has 1 aromatic heterocycles. The van der Waals surface area contributed by atoms with Crippen LogP contribution in [0.5, 0.6) is 11.5 Å². The van der Waals surface area contributed by atoms with E-state index in [0.29, 0.717) is 18.9 Å². The molecule has 23 heavy (non-hydrogen) atoms. The van der Waals surface area contributed by atoms with Crippen LogP contribution in [0, 0.1) is 0 Å². The fraction of sp³-hybridized carbons (Fsp3) is 0.500. The molecule has 2 aromatic rings. The van der Waals surface area contributed by atoms with Crippen LogP contribution in [0.1, 0.15) is 20.8 Å². The lowest BCUT2D eigenvalue weighted by molar-refractivity contribution is 0.0218. The molecule has 7 nitrogen and oxygen atoms in total. The lowest BCUT2D eigenvalue weighted by Gasteiger charge is -2.25. The SMILES string of the molecule is CC(C)NC(Oc1ccc(OCCn2cncn2)cc1)C(C)O. The lowest BCUT2D eigenvalue weighted by atomic mass is 10.3. The topological polar surface area (TPSA) is 81.4 Å². The molecule has 2 N–H and O–H groups in total. The van der Waals surface area contributed by atoms with Crippen LogP contribution in [0.4, 0.5) is 0 Å². The van der Waals surface area contributed by atoms with E-state index in [-0.39, 0.29) is 6.04 Å². The Kier molecular flexibility index (Phi) is 6.37. The summed E-state index contributed by atoms with van der Waals surface area (Å²) >= 11 is 0. The summed E-state index contributed by atoms with van der Waals surface area (Å²) in [5.41, 5.74) is 0. The molecular weight excluding hydrogens is 296 g/mol. The molecule has 0 saturated heterocycles. The highest BCUT2D eigenvalue weighted by Crippen LogP contribution is 2.19. The normalized spacial score (nSPS) is 13.8. The maximum Gasteiger partial charge on any atom is 0.176 e. The fourth-order valence-electron chi connectivity index (χ4n) is 1.97. The quantitative estimate of drug-likeness (QED) is 0.681. The Morgan fingerprint density at radius 1 is 1.17 bits per heavy atom. The molecule has 0 spiro atoms. The molecule has 0 bridgehead atoms. The number of nitrogens with zero attached hydrogens (tertiary/aromatic N) is 3. The Hall–Kier alpha value is -2.12. The van der Waals surface area contributed by atoms with Crippen LogP contribution in [0.25, 0.3) is 0 Å². The predicted molar refractivity (Wildman–Crippen MR) is 86.3 cm³/mol. The second kappa shape index (κ2) is 8.50. The third-order valence-corrected chi connectivity index (χ3v) is 3.08. The molecule has 0 amide bonds. The van der Waals surface area contributed by atoms with E-state index in [1.54, 1.807) is 17.9 Å². The van der Waals surface area contributed by atoms with Crippen molar-refractivity contribution in [2.75, 3.05) is 6.61 Å². The summed E-state index contributed by atoms with van der Waals surface area (Å²) in [4.78, 5) is 3.87. The average molecular weight is 320 g/mol. The summed E-state index contributed by atoms with van der Waals surface area (Å²) in [6.07, 6.45) is 2.08. The molecule has 2 atom stereocenters. The van der Waals surface area contributed by atoms with Crippen LogP contribution in [0.2, 0.25) is 0 Å². The highest BCUT2D eigenvalue weighted by atomic mass is 16.5. The largest absolute Gasteiger partial charge is 0.492 e. The summed E-state index contributed by atoms with van der Waals surface area (Å²) in [5.74, 6) is 1.43. The van der Waals surface area contributed by atoms with E-state index in [1.165, 1.54) is 6.33 Å². The van der Waals surface area contributed by atoms with Crippen molar-refractivity contribution in [2.24, 2.45) is 0 Å². The number of nitrogens with one attached hydrogen (secondary N) is 1. The molecule has 0 aliphatic rings. The van der Waals surface area contributed by atoms with Crippen LogP contribution in [-0.4, -0.2) is 44.9 Å². The van der Waals surface area contributed by atoms with Crippen LogP contribution < -0.4 is 14.8 Å². The average Bonchev–Trinajstić information content (AvgIpc) is 3.01. The minimum Gasteiger partial charge on any atom is -0.492 e. The van der Waals surface area contributed by atoms with E-state index in [2.05, 4.69) is 15.4 Å². The summed E-state index contributed by atoms with van der Waals surface area (Å²) in [6, 6.07) is 7.54. The van der Waals surface area contributed by atoms with E-state index < -0.39 is 12.3 Å². The number of aromatic nitrogens is 3. The van der Waals surface area contributed by atoms with Gasteiger partial charge in [-0.25, -0.2) is 9.67 Å². The van der Waals surface area contributed by atoms with Gasteiger partial charge in [-0.15, -0.1) is 0 Å². The maximum absolute atomic E-state index is 9.76. The molecule has 0 aliphatic heterocycles. The number of aliphatic hydroxyl groups is 1. The van der Waals surface area contributed by atoms with E-state index in [1.807, 2.05) is 38.1 Å². The van der Waals surface area contributed by atoms with Crippen molar-refractivity contribution in [1.82, 2.24) is 20.1 Å². The molecule has 2 unspecified atom stereocenters. The van der Waals surface area contributed by atoms with Gasteiger partial charge in [0.15, 0.2) is 6.23 Å². The second-order valence-corrected chi connectivity index (χ2v) is 5.58. The number of benzene rings is 1. The number of rotatable bonds is 9. The number of hydrogen-bond donors (Lipinski definition) is 2. The van der Waals surface area contributed by atoms with Gasteiger partial charge in [-0.1, -0.05) is 0 Å². The Labute approximate surface area is 136 Å². The molecule has 126 valence electrons. The molecular formula is C16H24N4O3. The monoisotopic (exact) mass is 320 g/mol. The first kappa shape index (κ1) is 17.2. The van der Waals surface area contributed by atoms with Crippen LogP contribution in [-0.2, 0) is 6.54 Å². The van der Waals surface area contributed by atoms with E-state index in [0.717, 1.165) is 5.75 Å². The van der Waals surface area contributed by atoms with Gasteiger partial charge in [0.05, 0.1) is 6.54 Å². The van der Waals surface area contributed by atoms with Gasteiger partial charge in [0.2, 0.25) is 0 Å². The van der Waals surface area contributed by atoms with Crippen LogP contribution in [0.3, 0.4) is 0 Å². The molecule has 0 radical (unpaired) electrons. The minimum atomic E-state index is -0.615. The van der Waals surface area contributed by atoms with E-state index in [4.69, 9.17) is 9.47 Å². The predicted octanol–water partition coefficient (Wildman–Crippen LogP) is 1.44. The zero-order valence-electron chi connectivity index (χ0n) is 13.7. The lowest BCUT2D eigenvalue weighted by Crippen LogP contribution is -2.46. The fourth-order valence-corrected chi connectivity index (χ4v) is 1.97. The highest BCUT2D eigenvalue weighted by Gasteiger charge is 2.17. The van der Waals surface area contributed by atoms with Gasteiger partial charge in [0.1, 0.15) is 36.9 Å². The van der Waals surface area contributed by atoms with Gasteiger partial charge >= 0.3 is 0 Å². The molecule has 1 aromatic carbocycles. The number of ether oxygens (including phenoxy) is 2. The van der Waals surface area contributed by atoms with Gasteiger partial charge in [-0.2, -0.15) is 5.10 Å². The Balaban J connectivity index is 1.83. The van der Waals surface area contributed by atoms with Gasteiger partial charge in [-0.05, 0) is 45.0 Å². The summed E-state index contributed by atoms with van der Waals surface area (Å²) < 4.78 is 13.1. The third kappa shape index (κ3) is 5.88. The van der Waals surface area contributed by atoms with Crippen LogP contribution in [0.15, 0.2) is 36.9 Å². The van der Waals surface area contributed by atoms with Crippen molar-refractivity contribution >= 4 is 0 Å². The van der Waals surface area contributed by atoms with E-state index in [9.17, 15) is 5.11 Å². The molecule has 1 heterocycles.